The molecule has 0 saturated carbocycles. The smallest absolute Gasteiger partial charge is 0.268 e. The number of benzene rings is 2. The Labute approximate surface area is 147 Å². The third-order valence-corrected chi connectivity index (χ3v) is 4.28. The number of rotatable bonds is 5. The lowest BCUT2D eigenvalue weighted by Gasteiger charge is -2.25. The first-order valence-electron chi connectivity index (χ1n) is 8.31. The second-order valence-corrected chi connectivity index (χ2v) is 5.92. The Hall–Kier alpha value is -3.00. The lowest BCUT2D eigenvalue weighted by Crippen LogP contribution is -2.35. The van der Waals surface area contributed by atoms with Gasteiger partial charge >= 0.3 is 0 Å². The van der Waals surface area contributed by atoms with Gasteiger partial charge in [0.25, 0.3) is 5.91 Å². The average molecular weight is 336 g/mol. The number of carbonyl (C=O) groups is 1. The van der Waals surface area contributed by atoms with E-state index in [1.165, 1.54) is 7.11 Å². The van der Waals surface area contributed by atoms with E-state index in [9.17, 15) is 4.79 Å². The van der Waals surface area contributed by atoms with Gasteiger partial charge < -0.3 is 14.4 Å². The molecule has 1 aliphatic heterocycles. The fourth-order valence-electron chi connectivity index (χ4n) is 2.95. The summed E-state index contributed by atoms with van der Waals surface area (Å²) in [5, 5.41) is 9.03. The summed E-state index contributed by atoms with van der Waals surface area (Å²) < 4.78 is 11.4. The highest BCUT2D eigenvalue weighted by molar-refractivity contribution is 5.83. The minimum Gasteiger partial charge on any atom is -0.493 e. The van der Waals surface area contributed by atoms with Crippen molar-refractivity contribution in [3.63, 3.8) is 0 Å². The first kappa shape index (κ1) is 16.8. The second-order valence-electron chi connectivity index (χ2n) is 5.92. The largest absolute Gasteiger partial charge is 0.493 e. The lowest BCUT2D eigenvalue weighted by molar-refractivity contribution is -0.138. The van der Waals surface area contributed by atoms with Crippen molar-refractivity contribution in [2.75, 3.05) is 20.2 Å². The van der Waals surface area contributed by atoms with Crippen LogP contribution in [0.25, 0.3) is 0 Å². The Balaban J connectivity index is 1.93. The summed E-state index contributed by atoms with van der Waals surface area (Å²) in [5.74, 6) is 0.840. The lowest BCUT2D eigenvalue weighted by atomic mass is 10.1. The highest BCUT2D eigenvalue weighted by Crippen LogP contribution is 2.33. The maximum atomic E-state index is 13.0. The molecule has 0 aromatic heterocycles. The van der Waals surface area contributed by atoms with Crippen LogP contribution in [0, 0.1) is 11.3 Å². The molecule has 5 heteroatoms. The van der Waals surface area contributed by atoms with E-state index in [2.05, 4.69) is 6.07 Å². The van der Waals surface area contributed by atoms with E-state index in [0.717, 1.165) is 31.5 Å². The van der Waals surface area contributed by atoms with Gasteiger partial charge in [-0.15, -0.1) is 0 Å². The van der Waals surface area contributed by atoms with E-state index in [1.807, 2.05) is 35.2 Å². The van der Waals surface area contributed by atoms with Crippen molar-refractivity contribution in [3.05, 3.63) is 59.7 Å². The van der Waals surface area contributed by atoms with Crippen molar-refractivity contribution in [2.24, 2.45) is 0 Å². The molecule has 25 heavy (non-hydrogen) atoms. The van der Waals surface area contributed by atoms with Gasteiger partial charge in [0.05, 0.1) is 18.7 Å². The number of nitrogens with zero attached hydrogens (tertiary/aromatic N) is 2. The summed E-state index contributed by atoms with van der Waals surface area (Å²) in [4.78, 5) is 14.8. The van der Waals surface area contributed by atoms with Gasteiger partial charge in [-0.25, -0.2) is 0 Å². The van der Waals surface area contributed by atoms with Gasteiger partial charge in [-0.1, -0.05) is 30.3 Å². The van der Waals surface area contributed by atoms with Crippen LogP contribution in [0.4, 0.5) is 0 Å². The van der Waals surface area contributed by atoms with Crippen LogP contribution in [0.1, 0.15) is 30.1 Å². The Kier molecular flexibility index (Phi) is 5.20. The standard InChI is InChI=1S/C20H20N2O3/c1-24-18-13-15(14-21)9-10-17(18)25-19(16-7-3-2-4-8-16)20(23)22-11-5-6-12-22/h2-4,7-10,13,19H,5-6,11-12H2,1H3/t19-/m0/s1. The number of likely N-dealkylation sites (tertiary alicyclic amines) is 1. The summed E-state index contributed by atoms with van der Waals surface area (Å²) in [6, 6.07) is 16.5. The van der Waals surface area contributed by atoms with E-state index >= 15 is 0 Å². The number of hydrogen-bond acceptors (Lipinski definition) is 4. The fraction of sp³-hybridized carbons (Fsp3) is 0.300. The fourth-order valence-corrected chi connectivity index (χ4v) is 2.95. The molecule has 1 atom stereocenters. The SMILES string of the molecule is COc1cc(C#N)ccc1O[C@H](C(=O)N1CCCC1)c1ccccc1. The number of hydrogen-bond donors (Lipinski definition) is 0. The van der Waals surface area contributed by atoms with Crippen LogP contribution in [0.3, 0.4) is 0 Å². The zero-order valence-electron chi connectivity index (χ0n) is 14.1. The number of methoxy groups -OCH3 is 1. The maximum Gasteiger partial charge on any atom is 0.268 e. The molecule has 0 spiro atoms. The minimum absolute atomic E-state index is 0.0462. The zero-order valence-corrected chi connectivity index (χ0v) is 14.1. The van der Waals surface area contributed by atoms with Crippen molar-refractivity contribution in [1.29, 1.82) is 5.26 Å². The summed E-state index contributed by atoms with van der Waals surface area (Å²) >= 11 is 0. The first-order valence-corrected chi connectivity index (χ1v) is 8.31. The van der Waals surface area contributed by atoms with Crippen LogP contribution in [0.15, 0.2) is 48.5 Å². The van der Waals surface area contributed by atoms with E-state index in [-0.39, 0.29) is 5.91 Å². The molecule has 0 N–H and O–H groups in total. The van der Waals surface area contributed by atoms with E-state index in [4.69, 9.17) is 14.7 Å². The van der Waals surface area contributed by atoms with Crippen molar-refractivity contribution in [2.45, 2.75) is 18.9 Å². The van der Waals surface area contributed by atoms with Gasteiger partial charge in [0.2, 0.25) is 6.10 Å². The van der Waals surface area contributed by atoms with E-state index in [1.54, 1.807) is 18.2 Å². The van der Waals surface area contributed by atoms with Gasteiger partial charge in [-0.2, -0.15) is 5.26 Å². The molecule has 3 rings (SSSR count). The monoisotopic (exact) mass is 336 g/mol. The molecule has 0 aliphatic carbocycles. The summed E-state index contributed by atoms with van der Waals surface area (Å²) in [6.07, 6.45) is 1.31. The van der Waals surface area contributed by atoms with Crippen LogP contribution in [-0.4, -0.2) is 31.0 Å². The Morgan fingerprint density at radius 2 is 1.84 bits per heavy atom. The summed E-state index contributed by atoms with van der Waals surface area (Å²) in [6.45, 7) is 1.52. The zero-order chi connectivity index (χ0) is 17.6. The van der Waals surface area contributed by atoms with Gasteiger partial charge in [-0.3, -0.25) is 4.79 Å². The van der Waals surface area contributed by atoms with E-state index in [0.29, 0.717) is 17.1 Å². The molecule has 2 aromatic carbocycles. The number of amides is 1. The van der Waals surface area contributed by atoms with Crippen LogP contribution in [0.5, 0.6) is 11.5 Å². The predicted octanol–water partition coefficient (Wildman–Crippen LogP) is 3.31. The highest BCUT2D eigenvalue weighted by Gasteiger charge is 2.30. The normalized spacial score (nSPS) is 14.6. The molecule has 1 amide bonds. The molecule has 0 unspecified atom stereocenters. The number of ether oxygens (including phenoxy) is 2. The molecule has 1 heterocycles. The number of nitriles is 1. The first-order chi connectivity index (χ1) is 12.2. The molecule has 1 saturated heterocycles. The van der Waals surface area contributed by atoms with Gasteiger partial charge in [0, 0.05) is 24.7 Å². The van der Waals surface area contributed by atoms with Crippen molar-refractivity contribution >= 4 is 5.91 Å². The molecule has 0 bridgehead atoms. The summed E-state index contributed by atoms with van der Waals surface area (Å²) in [5.41, 5.74) is 1.28. The Morgan fingerprint density at radius 3 is 2.48 bits per heavy atom. The third-order valence-electron chi connectivity index (χ3n) is 4.28. The van der Waals surface area contributed by atoms with Crippen molar-refractivity contribution in [1.82, 2.24) is 4.90 Å². The van der Waals surface area contributed by atoms with Crippen LogP contribution >= 0.6 is 0 Å². The number of carbonyl (C=O) groups excluding carboxylic acids is 1. The summed E-state index contributed by atoms with van der Waals surface area (Å²) in [7, 11) is 1.52. The molecule has 2 aromatic rings. The van der Waals surface area contributed by atoms with Crippen LogP contribution in [-0.2, 0) is 4.79 Å². The maximum absolute atomic E-state index is 13.0. The predicted molar refractivity (Wildman–Crippen MR) is 93.3 cm³/mol. The Morgan fingerprint density at radius 1 is 1.12 bits per heavy atom. The molecule has 1 aliphatic rings. The topological polar surface area (TPSA) is 62.6 Å². The average Bonchev–Trinajstić information content (AvgIpc) is 3.21. The molecular weight excluding hydrogens is 316 g/mol. The second kappa shape index (κ2) is 7.71. The van der Waals surface area contributed by atoms with Crippen LogP contribution in [0.2, 0.25) is 0 Å². The highest BCUT2D eigenvalue weighted by atomic mass is 16.5. The quantitative estimate of drug-likeness (QED) is 0.840. The van der Waals surface area contributed by atoms with Gasteiger partial charge in [0.15, 0.2) is 11.5 Å². The van der Waals surface area contributed by atoms with Crippen molar-refractivity contribution in [3.8, 4) is 17.6 Å². The van der Waals surface area contributed by atoms with Crippen molar-refractivity contribution < 1.29 is 14.3 Å². The third kappa shape index (κ3) is 3.74. The minimum atomic E-state index is -0.735. The van der Waals surface area contributed by atoms with Crippen LogP contribution < -0.4 is 9.47 Å². The molecular formula is C20H20N2O3. The molecule has 1 fully saturated rings. The molecule has 128 valence electrons. The van der Waals surface area contributed by atoms with Gasteiger partial charge in [0.1, 0.15) is 0 Å². The molecule has 5 nitrogen and oxygen atoms in total. The molecule has 0 radical (unpaired) electrons. The Bertz CT molecular complexity index is 777. The van der Waals surface area contributed by atoms with E-state index < -0.39 is 6.10 Å². The van der Waals surface area contributed by atoms with Gasteiger partial charge in [-0.05, 0) is 25.0 Å².